The van der Waals surface area contributed by atoms with Crippen LogP contribution in [-0.2, 0) is 32.6 Å². The molecule has 184 valence electrons. The summed E-state index contributed by atoms with van der Waals surface area (Å²) < 4.78 is 0. The maximum absolute atomic E-state index is 13.3. The van der Waals surface area contributed by atoms with E-state index in [2.05, 4.69) is 27.3 Å². The Morgan fingerprint density at radius 1 is 1.03 bits per heavy atom. The van der Waals surface area contributed by atoms with E-state index in [0.717, 1.165) is 30.5 Å². The number of carbonyl (C=O) groups excluding carboxylic acids is 1. The molecule has 7 heteroatoms. The van der Waals surface area contributed by atoms with Crippen LogP contribution in [0.25, 0.3) is 5.32 Å². The molecule has 0 aliphatic carbocycles. The monoisotopic (exact) mass is 512 g/mol. The molecule has 0 spiro atoms. The fourth-order valence-electron chi connectivity index (χ4n) is 4.32. The molecule has 1 N–H and O–H groups in total. The van der Waals surface area contributed by atoms with Gasteiger partial charge in [-0.05, 0) is 37.4 Å². The van der Waals surface area contributed by atoms with Gasteiger partial charge in [-0.15, -0.1) is 5.69 Å². The number of carbonyl (C=O) groups is 2. The van der Waals surface area contributed by atoms with Crippen molar-refractivity contribution in [2.24, 2.45) is 4.99 Å². The molecule has 4 rings (SSSR count). The number of hydrogen-bond acceptors (Lipinski definition) is 4. The molecule has 1 fully saturated rings. The molecule has 1 aliphatic heterocycles. The summed E-state index contributed by atoms with van der Waals surface area (Å²) >= 11 is 0. The molecular weight excluding hydrogens is 485 g/mol. The molecule has 0 aromatic heterocycles. The van der Waals surface area contributed by atoms with Gasteiger partial charge < -0.3 is 15.2 Å². The van der Waals surface area contributed by atoms with Crippen molar-refractivity contribution in [2.75, 3.05) is 13.1 Å². The number of aryl methyl sites for hydroxylation is 1. The van der Waals surface area contributed by atoms with E-state index in [1.807, 2.05) is 73.7 Å². The first kappa shape index (κ1) is 26.3. The number of benzene rings is 3. The average molecular weight is 513 g/mol. The van der Waals surface area contributed by atoms with E-state index in [1.165, 1.54) is 5.56 Å². The molecule has 0 unspecified atom stereocenters. The number of likely N-dealkylation sites (tertiary alicyclic amines) is 1. The zero-order valence-corrected chi connectivity index (χ0v) is 20.5. The molecule has 35 heavy (non-hydrogen) atoms. The second kappa shape index (κ2) is 12.4. The van der Waals surface area contributed by atoms with Gasteiger partial charge in [-0.25, -0.2) is 0 Å². The number of carboxylic acid groups (broad SMARTS) is 1. The van der Waals surface area contributed by atoms with Gasteiger partial charge in [-0.3, -0.25) is 14.7 Å². The predicted molar refractivity (Wildman–Crippen MR) is 134 cm³/mol. The number of amides is 1. The summed E-state index contributed by atoms with van der Waals surface area (Å²) in [6.07, 6.45) is 1.73. The van der Waals surface area contributed by atoms with Gasteiger partial charge in [0.15, 0.2) is 0 Å². The molecule has 1 heterocycles. The number of aliphatic imine (C=N–C) groups is 1. The van der Waals surface area contributed by atoms with Crippen molar-refractivity contribution in [1.29, 1.82) is 0 Å². The van der Waals surface area contributed by atoms with E-state index in [0.29, 0.717) is 23.5 Å². The Morgan fingerprint density at radius 2 is 1.71 bits per heavy atom. The largest absolute Gasteiger partial charge is 0.625 e. The molecule has 0 saturated carbocycles. The second-order valence-corrected chi connectivity index (χ2v) is 8.51. The van der Waals surface area contributed by atoms with Gasteiger partial charge in [0, 0.05) is 28.6 Å². The SMILES string of the molecule is Cc1ccc([N-]C(=O)[C@H]2CCCN2Cc2ccccc2)c(C(=NCC(=O)O)c2ccccc2)c1.[Ni]. The van der Waals surface area contributed by atoms with Crippen molar-refractivity contribution >= 4 is 23.3 Å². The van der Waals surface area contributed by atoms with Crippen LogP contribution in [-0.4, -0.2) is 46.7 Å². The third-order valence-corrected chi connectivity index (χ3v) is 5.93. The van der Waals surface area contributed by atoms with Crippen LogP contribution in [0.1, 0.15) is 35.1 Å². The third kappa shape index (κ3) is 6.87. The van der Waals surface area contributed by atoms with Crippen molar-refractivity contribution in [1.82, 2.24) is 4.90 Å². The molecular formula is C28H28N3NiO3-. The van der Waals surface area contributed by atoms with Crippen LogP contribution in [0.15, 0.2) is 83.9 Å². The minimum atomic E-state index is -1.02. The Morgan fingerprint density at radius 3 is 2.40 bits per heavy atom. The number of hydrogen-bond donors (Lipinski definition) is 1. The number of nitrogens with zero attached hydrogens (tertiary/aromatic N) is 3. The first-order valence-electron chi connectivity index (χ1n) is 11.5. The van der Waals surface area contributed by atoms with Crippen molar-refractivity contribution < 1.29 is 31.2 Å². The molecule has 0 bridgehead atoms. The van der Waals surface area contributed by atoms with Crippen molar-refractivity contribution in [3.63, 3.8) is 0 Å². The van der Waals surface area contributed by atoms with E-state index in [-0.39, 0.29) is 35.0 Å². The zero-order chi connectivity index (χ0) is 23.9. The zero-order valence-electron chi connectivity index (χ0n) is 19.5. The van der Waals surface area contributed by atoms with Crippen LogP contribution in [0.2, 0.25) is 0 Å². The number of carboxylic acids is 1. The van der Waals surface area contributed by atoms with Gasteiger partial charge in [0.05, 0.1) is 17.7 Å². The molecule has 1 atom stereocenters. The van der Waals surface area contributed by atoms with E-state index in [9.17, 15) is 14.7 Å². The summed E-state index contributed by atoms with van der Waals surface area (Å²) in [6.45, 7) is 3.16. The van der Waals surface area contributed by atoms with Crippen molar-refractivity contribution in [3.05, 3.63) is 106 Å². The summed E-state index contributed by atoms with van der Waals surface area (Å²) in [6, 6.07) is 24.9. The van der Waals surface area contributed by atoms with Crippen molar-refractivity contribution in [3.8, 4) is 0 Å². The smallest absolute Gasteiger partial charge is 0.325 e. The molecule has 1 aliphatic rings. The normalized spacial score (nSPS) is 15.9. The molecule has 6 nitrogen and oxygen atoms in total. The first-order valence-corrected chi connectivity index (χ1v) is 11.5. The minimum Gasteiger partial charge on any atom is -0.625 e. The van der Waals surface area contributed by atoms with Gasteiger partial charge in [-0.1, -0.05) is 84.4 Å². The van der Waals surface area contributed by atoms with Crippen LogP contribution < -0.4 is 0 Å². The third-order valence-electron chi connectivity index (χ3n) is 5.93. The molecule has 3 aromatic carbocycles. The predicted octanol–water partition coefficient (Wildman–Crippen LogP) is 5.11. The Labute approximate surface area is 216 Å². The van der Waals surface area contributed by atoms with E-state index in [4.69, 9.17) is 0 Å². The summed E-state index contributed by atoms with van der Waals surface area (Å²) in [4.78, 5) is 31.2. The van der Waals surface area contributed by atoms with Crippen molar-refractivity contribution in [2.45, 2.75) is 32.4 Å². The Bertz CT molecular complexity index is 1180. The molecule has 1 amide bonds. The fraction of sp³-hybridized carbons (Fsp3) is 0.250. The summed E-state index contributed by atoms with van der Waals surface area (Å²) in [5.41, 5.74) is 4.62. The number of rotatable bonds is 8. The van der Waals surface area contributed by atoms with Crippen LogP contribution in [0.3, 0.4) is 0 Å². The average Bonchev–Trinajstić information content (AvgIpc) is 3.30. The quantitative estimate of drug-likeness (QED) is 0.335. The van der Waals surface area contributed by atoms with Gasteiger partial charge >= 0.3 is 5.97 Å². The number of aliphatic carboxylic acids is 1. The van der Waals surface area contributed by atoms with Crippen LogP contribution in [0.4, 0.5) is 5.69 Å². The fourth-order valence-corrected chi connectivity index (χ4v) is 4.32. The van der Waals surface area contributed by atoms with E-state index in [1.54, 1.807) is 0 Å². The van der Waals surface area contributed by atoms with Crippen LogP contribution >= 0.6 is 0 Å². The summed E-state index contributed by atoms with van der Waals surface area (Å²) in [5, 5.41) is 13.8. The van der Waals surface area contributed by atoms with Gasteiger partial charge in [0.25, 0.3) is 0 Å². The Kier molecular flexibility index (Phi) is 9.35. The first-order chi connectivity index (χ1) is 16.5. The minimum absolute atomic E-state index is 0. The second-order valence-electron chi connectivity index (χ2n) is 8.51. The Hall–Kier alpha value is -3.28. The summed E-state index contributed by atoms with van der Waals surface area (Å²) in [5.74, 6) is -1.19. The molecule has 1 saturated heterocycles. The Balaban J connectivity index is 0.00000342. The van der Waals surface area contributed by atoms with Crippen LogP contribution in [0.5, 0.6) is 0 Å². The van der Waals surface area contributed by atoms with Gasteiger partial charge in [0.1, 0.15) is 6.54 Å². The maximum Gasteiger partial charge on any atom is 0.325 e. The molecule has 0 radical (unpaired) electrons. The van der Waals surface area contributed by atoms with Gasteiger partial charge in [-0.2, -0.15) is 0 Å². The van der Waals surface area contributed by atoms with Gasteiger partial charge in [0.2, 0.25) is 0 Å². The maximum atomic E-state index is 13.3. The topological polar surface area (TPSA) is 84.1 Å². The molecule has 3 aromatic rings. The standard InChI is InChI=1S/C28H29N3O3.Ni/c1-20-14-15-24(23(17-20)27(29-18-26(32)33)22-11-6-3-7-12-22)30-28(34)25-13-8-16-31(25)19-21-9-4-2-5-10-21;/h2-7,9-12,14-15,17,25H,8,13,16,18-19H2,1H3,(H2,29,30,32,33,34);/p-1/t25-;/m1./s1. The van der Waals surface area contributed by atoms with E-state index < -0.39 is 5.97 Å². The van der Waals surface area contributed by atoms with Crippen LogP contribution in [0, 0.1) is 6.92 Å². The van der Waals surface area contributed by atoms with E-state index >= 15 is 0 Å². The summed E-state index contributed by atoms with van der Waals surface area (Å²) in [7, 11) is 0.